The zero-order valence-corrected chi connectivity index (χ0v) is 11.4. The number of amides is 1. The normalized spacial score (nSPS) is 11.7. The van der Waals surface area contributed by atoms with E-state index in [1.807, 2.05) is 0 Å². The summed E-state index contributed by atoms with van der Waals surface area (Å²) in [6.07, 6.45) is 0.317. The molecule has 0 aromatic heterocycles. The predicted molar refractivity (Wildman–Crippen MR) is 72.1 cm³/mol. The number of benzene rings is 1. The Morgan fingerprint density at radius 3 is 2.63 bits per heavy atom. The van der Waals surface area contributed by atoms with Crippen molar-refractivity contribution >= 4 is 17.6 Å². The highest BCUT2D eigenvalue weighted by Crippen LogP contribution is 2.28. The summed E-state index contributed by atoms with van der Waals surface area (Å²) in [6.45, 7) is 5.50. The fourth-order valence-corrected chi connectivity index (χ4v) is 1.57. The van der Waals surface area contributed by atoms with Gasteiger partial charge in [0.1, 0.15) is 5.75 Å². The van der Waals surface area contributed by atoms with Crippen molar-refractivity contribution in [2.75, 3.05) is 11.9 Å². The Bertz CT molecular complexity index is 471. The third-order valence-electron chi connectivity index (χ3n) is 2.76. The van der Waals surface area contributed by atoms with Gasteiger partial charge in [-0.3, -0.25) is 9.59 Å². The molecule has 0 bridgehead atoms. The lowest BCUT2D eigenvalue weighted by Crippen LogP contribution is -2.14. The molecule has 1 amide bonds. The molecular formula is C14H19NO4. The Morgan fingerprint density at radius 2 is 2.05 bits per heavy atom. The van der Waals surface area contributed by atoms with Crippen LogP contribution < -0.4 is 5.32 Å². The number of carbonyl (C=O) groups excluding carboxylic acids is 2. The van der Waals surface area contributed by atoms with Crippen LogP contribution in [0.2, 0.25) is 0 Å². The van der Waals surface area contributed by atoms with Crippen LogP contribution in [-0.2, 0) is 14.3 Å². The molecule has 1 aromatic rings. The lowest BCUT2D eigenvalue weighted by atomic mass is 10.0. The topological polar surface area (TPSA) is 75.6 Å². The van der Waals surface area contributed by atoms with Crippen LogP contribution in [0.4, 0.5) is 5.69 Å². The molecule has 2 N–H and O–H groups in total. The van der Waals surface area contributed by atoms with Crippen LogP contribution in [-0.4, -0.2) is 23.6 Å². The van der Waals surface area contributed by atoms with Crippen molar-refractivity contribution in [2.45, 2.75) is 33.1 Å². The fourth-order valence-electron chi connectivity index (χ4n) is 1.57. The maximum Gasteiger partial charge on any atom is 0.313 e. The van der Waals surface area contributed by atoms with Crippen molar-refractivity contribution in [3.05, 3.63) is 23.8 Å². The average molecular weight is 265 g/mol. The minimum Gasteiger partial charge on any atom is -0.506 e. The molecule has 5 heteroatoms. The Balaban J connectivity index is 2.95. The molecule has 1 aromatic carbocycles. The first-order valence-electron chi connectivity index (χ1n) is 6.29. The number of carbonyl (C=O) groups is 2. The number of phenolic OH excluding ortho intramolecular Hbond substituents is 1. The molecule has 1 unspecified atom stereocenters. The monoisotopic (exact) mass is 265 g/mol. The van der Waals surface area contributed by atoms with Gasteiger partial charge in [-0.25, -0.2) is 0 Å². The number of aromatic hydroxyl groups is 1. The summed E-state index contributed by atoms with van der Waals surface area (Å²) in [4.78, 5) is 23.0. The van der Waals surface area contributed by atoms with Crippen LogP contribution in [0.1, 0.15) is 38.7 Å². The molecule has 19 heavy (non-hydrogen) atoms. The minimum absolute atomic E-state index is 0.0263. The van der Waals surface area contributed by atoms with Crippen molar-refractivity contribution in [1.82, 2.24) is 0 Å². The molecule has 104 valence electrons. The largest absolute Gasteiger partial charge is 0.506 e. The zero-order chi connectivity index (χ0) is 14.4. The second-order valence-electron chi connectivity index (χ2n) is 4.15. The van der Waals surface area contributed by atoms with Gasteiger partial charge >= 0.3 is 5.97 Å². The molecule has 0 aliphatic rings. The van der Waals surface area contributed by atoms with Gasteiger partial charge in [0.2, 0.25) is 5.91 Å². The molecule has 0 spiro atoms. The number of phenols is 1. The molecule has 0 saturated carbocycles. The SMILES string of the molecule is CCOC(=O)C(C)c1ccc(O)c(NC(=O)CC)c1. The van der Waals surface area contributed by atoms with Gasteiger partial charge < -0.3 is 15.2 Å². The molecular weight excluding hydrogens is 246 g/mol. The van der Waals surface area contributed by atoms with E-state index in [0.29, 0.717) is 24.3 Å². The first-order chi connectivity index (χ1) is 8.99. The highest BCUT2D eigenvalue weighted by molar-refractivity contribution is 5.92. The molecule has 1 rings (SSSR count). The minimum atomic E-state index is -0.446. The van der Waals surface area contributed by atoms with Gasteiger partial charge in [0.25, 0.3) is 0 Å². The number of rotatable bonds is 5. The Hall–Kier alpha value is -2.04. The highest BCUT2D eigenvalue weighted by Gasteiger charge is 2.18. The summed E-state index contributed by atoms with van der Waals surface area (Å²) >= 11 is 0. The van der Waals surface area contributed by atoms with E-state index in [1.54, 1.807) is 32.9 Å². The van der Waals surface area contributed by atoms with Gasteiger partial charge in [0, 0.05) is 6.42 Å². The summed E-state index contributed by atoms with van der Waals surface area (Å²) in [5.41, 5.74) is 0.989. The van der Waals surface area contributed by atoms with Crippen LogP contribution >= 0.6 is 0 Å². The van der Waals surface area contributed by atoms with Gasteiger partial charge in [-0.15, -0.1) is 0 Å². The van der Waals surface area contributed by atoms with E-state index in [-0.39, 0.29) is 17.6 Å². The van der Waals surface area contributed by atoms with Crippen LogP contribution in [0.15, 0.2) is 18.2 Å². The zero-order valence-electron chi connectivity index (χ0n) is 11.4. The van der Waals surface area contributed by atoms with Crippen molar-refractivity contribution in [2.24, 2.45) is 0 Å². The van der Waals surface area contributed by atoms with E-state index in [0.717, 1.165) is 0 Å². The smallest absolute Gasteiger partial charge is 0.313 e. The Morgan fingerprint density at radius 1 is 1.37 bits per heavy atom. The number of hydrogen-bond acceptors (Lipinski definition) is 4. The Kier molecular flexibility index (Phi) is 5.36. The number of anilines is 1. The average Bonchev–Trinajstić information content (AvgIpc) is 2.40. The standard InChI is InChI=1S/C14H19NO4/c1-4-13(17)15-11-8-10(6-7-12(11)16)9(3)14(18)19-5-2/h6-9,16H,4-5H2,1-3H3,(H,15,17). The van der Waals surface area contributed by atoms with E-state index >= 15 is 0 Å². The van der Waals surface area contributed by atoms with E-state index < -0.39 is 5.92 Å². The van der Waals surface area contributed by atoms with E-state index in [1.165, 1.54) is 6.07 Å². The lowest BCUT2D eigenvalue weighted by Gasteiger charge is -2.13. The summed E-state index contributed by atoms with van der Waals surface area (Å²) in [5.74, 6) is -1.00. The summed E-state index contributed by atoms with van der Waals surface area (Å²) < 4.78 is 4.94. The van der Waals surface area contributed by atoms with E-state index in [9.17, 15) is 14.7 Å². The van der Waals surface area contributed by atoms with Crippen molar-refractivity contribution in [1.29, 1.82) is 0 Å². The maximum atomic E-state index is 11.6. The molecule has 0 fully saturated rings. The third kappa shape index (κ3) is 3.98. The number of esters is 1. The molecule has 1 atom stereocenters. The highest BCUT2D eigenvalue weighted by atomic mass is 16.5. The van der Waals surface area contributed by atoms with Gasteiger partial charge in [0.05, 0.1) is 18.2 Å². The molecule has 0 heterocycles. The van der Waals surface area contributed by atoms with Gasteiger partial charge in [-0.1, -0.05) is 13.0 Å². The lowest BCUT2D eigenvalue weighted by molar-refractivity contribution is -0.144. The summed E-state index contributed by atoms with van der Waals surface area (Å²) in [6, 6.07) is 4.68. The van der Waals surface area contributed by atoms with Gasteiger partial charge in [-0.2, -0.15) is 0 Å². The number of nitrogens with one attached hydrogen (secondary N) is 1. The first kappa shape index (κ1) is 15.0. The van der Waals surface area contributed by atoms with Crippen LogP contribution in [0.5, 0.6) is 5.75 Å². The van der Waals surface area contributed by atoms with E-state index in [2.05, 4.69) is 5.32 Å². The molecule has 0 aliphatic heterocycles. The summed E-state index contributed by atoms with van der Waals surface area (Å²) in [7, 11) is 0. The fraction of sp³-hybridized carbons (Fsp3) is 0.429. The first-order valence-corrected chi connectivity index (χ1v) is 6.29. The van der Waals surface area contributed by atoms with Crippen LogP contribution in [0.3, 0.4) is 0 Å². The number of ether oxygens (including phenoxy) is 1. The van der Waals surface area contributed by atoms with Gasteiger partial charge in [-0.05, 0) is 31.5 Å². The molecule has 0 radical (unpaired) electrons. The second-order valence-corrected chi connectivity index (χ2v) is 4.15. The van der Waals surface area contributed by atoms with Gasteiger partial charge in [0.15, 0.2) is 0 Å². The van der Waals surface area contributed by atoms with Crippen molar-refractivity contribution in [3.63, 3.8) is 0 Å². The van der Waals surface area contributed by atoms with E-state index in [4.69, 9.17) is 4.74 Å². The third-order valence-corrected chi connectivity index (χ3v) is 2.76. The Labute approximate surface area is 112 Å². The second kappa shape index (κ2) is 6.78. The van der Waals surface area contributed by atoms with Crippen molar-refractivity contribution < 1.29 is 19.4 Å². The van der Waals surface area contributed by atoms with Crippen LogP contribution in [0, 0.1) is 0 Å². The maximum absolute atomic E-state index is 11.6. The molecule has 0 aliphatic carbocycles. The van der Waals surface area contributed by atoms with Crippen molar-refractivity contribution in [3.8, 4) is 5.75 Å². The van der Waals surface area contributed by atoms with Crippen LogP contribution in [0.25, 0.3) is 0 Å². The quantitative estimate of drug-likeness (QED) is 0.633. The summed E-state index contributed by atoms with van der Waals surface area (Å²) in [5, 5.41) is 12.3. The molecule has 5 nitrogen and oxygen atoms in total. The molecule has 0 saturated heterocycles. The predicted octanol–water partition coefficient (Wildman–Crippen LogP) is 2.41. The number of hydrogen-bond donors (Lipinski definition) is 2.